The summed E-state index contributed by atoms with van der Waals surface area (Å²) in [6.45, 7) is 4.68. The van der Waals surface area contributed by atoms with Crippen molar-refractivity contribution in [1.29, 1.82) is 0 Å². The highest BCUT2D eigenvalue weighted by atomic mass is 15.2. The van der Waals surface area contributed by atoms with E-state index >= 15 is 0 Å². The van der Waals surface area contributed by atoms with Crippen LogP contribution in [-0.2, 0) is 5.41 Å². The minimum absolute atomic E-state index is 0.0823. The van der Waals surface area contributed by atoms with E-state index in [2.05, 4.69) is 182 Å². The van der Waals surface area contributed by atoms with Crippen molar-refractivity contribution in [2.24, 2.45) is 0 Å². The van der Waals surface area contributed by atoms with Crippen LogP contribution in [0.3, 0.4) is 0 Å². The second-order valence-electron chi connectivity index (χ2n) is 16.0. The van der Waals surface area contributed by atoms with E-state index in [9.17, 15) is 0 Å². The number of benzene rings is 9. The van der Waals surface area contributed by atoms with E-state index in [0.717, 1.165) is 49.4 Å². The lowest BCUT2D eigenvalue weighted by atomic mass is 9.82. The summed E-state index contributed by atoms with van der Waals surface area (Å²) in [6.07, 6.45) is 0. The van der Waals surface area contributed by atoms with Gasteiger partial charge in [-0.15, -0.1) is 0 Å². The van der Waals surface area contributed by atoms with Crippen LogP contribution in [0, 0.1) is 0 Å². The first-order valence-electron chi connectivity index (χ1n) is 20.0. The molecule has 0 unspecified atom stereocenters. The predicted octanol–water partition coefficient (Wildman–Crippen LogP) is 13.7. The molecule has 272 valence electrons. The quantitative estimate of drug-likeness (QED) is 0.169. The normalized spacial score (nSPS) is 13.1. The lowest BCUT2D eigenvalue weighted by Gasteiger charge is -2.21. The van der Waals surface area contributed by atoms with E-state index in [1.165, 1.54) is 49.2 Å². The summed E-state index contributed by atoms with van der Waals surface area (Å²) in [5.74, 6) is 1.84. The van der Waals surface area contributed by atoms with Gasteiger partial charge >= 0.3 is 0 Å². The summed E-state index contributed by atoms with van der Waals surface area (Å²) >= 11 is 0. The Morgan fingerprint density at radius 3 is 1.81 bits per heavy atom. The maximum absolute atomic E-state index is 5.45. The number of para-hydroxylation sites is 1. The lowest BCUT2D eigenvalue weighted by Crippen LogP contribution is -2.14. The summed E-state index contributed by atoms with van der Waals surface area (Å²) in [6, 6.07) is 65.4. The first-order chi connectivity index (χ1) is 28.5. The zero-order chi connectivity index (χ0) is 38.5. The first kappa shape index (κ1) is 32.8. The van der Waals surface area contributed by atoms with Gasteiger partial charge in [0.25, 0.3) is 0 Å². The number of fused-ring (bicyclic) bond motifs is 12. The molecule has 1 aliphatic rings. The Kier molecular flexibility index (Phi) is 6.94. The fraction of sp³-hybridized carbons (Fsp3) is 0.0556. The van der Waals surface area contributed by atoms with Gasteiger partial charge in [-0.25, -0.2) is 4.98 Å². The molecule has 0 bridgehead atoms. The Balaban J connectivity index is 1.23. The van der Waals surface area contributed by atoms with E-state index in [1.54, 1.807) is 0 Å². The third-order valence-corrected chi connectivity index (χ3v) is 12.4. The van der Waals surface area contributed by atoms with Crippen LogP contribution in [0.1, 0.15) is 25.0 Å². The number of aromatic nitrogens is 4. The van der Waals surface area contributed by atoms with Gasteiger partial charge in [0.1, 0.15) is 0 Å². The maximum atomic E-state index is 5.45. The molecule has 0 amide bonds. The van der Waals surface area contributed by atoms with Crippen LogP contribution in [-0.4, -0.2) is 19.5 Å². The van der Waals surface area contributed by atoms with E-state index in [0.29, 0.717) is 17.6 Å². The van der Waals surface area contributed by atoms with Gasteiger partial charge in [-0.05, 0) is 66.9 Å². The van der Waals surface area contributed by atoms with Gasteiger partial charge in [0.15, 0.2) is 11.6 Å². The summed E-state index contributed by atoms with van der Waals surface area (Å²) in [5, 5.41) is 9.43. The van der Waals surface area contributed by atoms with Crippen molar-refractivity contribution in [2.45, 2.75) is 19.3 Å². The third-order valence-electron chi connectivity index (χ3n) is 12.4. The van der Waals surface area contributed by atoms with Crippen LogP contribution in [0.5, 0.6) is 0 Å². The second kappa shape index (κ2) is 12.3. The van der Waals surface area contributed by atoms with Gasteiger partial charge in [0.05, 0.1) is 11.0 Å². The minimum atomic E-state index is -0.0823. The van der Waals surface area contributed by atoms with Crippen molar-refractivity contribution in [3.8, 4) is 51.0 Å². The highest BCUT2D eigenvalue weighted by Gasteiger charge is 2.35. The molecule has 58 heavy (non-hydrogen) atoms. The number of nitrogens with zero attached hydrogens (tertiary/aromatic N) is 4. The molecule has 2 heterocycles. The molecule has 4 heteroatoms. The molecule has 0 spiro atoms. The molecule has 11 aromatic rings. The van der Waals surface area contributed by atoms with Crippen molar-refractivity contribution in [1.82, 2.24) is 19.5 Å². The molecular weight excluding hydrogens is 705 g/mol. The molecule has 0 atom stereocenters. The van der Waals surface area contributed by atoms with Gasteiger partial charge < -0.3 is 0 Å². The largest absolute Gasteiger partial charge is 0.277 e. The van der Waals surface area contributed by atoms with Crippen molar-refractivity contribution >= 4 is 54.1 Å². The monoisotopic (exact) mass is 740 g/mol. The Morgan fingerprint density at radius 2 is 0.983 bits per heavy atom. The molecule has 0 saturated carbocycles. The van der Waals surface area contributed by atoms with Gasteiger partial charge in [-0.2, -0.15) is 9.97 Å². The van der Waals surface area contributed by atoms with Crippen LogP contribution < -0.4 is 0 Å². The average Bonchev–Trinajstić information content (AvgIpc) is 3.76. The molecule has 9 aromatic carbocycles. The molecule has 1 aliphatic carbocycles. The van der Waals surface area contributed by atoms with Crippen molar-refractivity contribution < 1.29 is 0 Å². The molecule has 0 fully saturated rings. The van der Waals surface area contributed by atoms with Crippen molar-refractivity contribution in [3.63, 3.8) is 0 Å². The van der Waals surface area contributed by atoms with Gasteiger partial charge in [-0.3, -0.25) is 4.57 Å². The molecule has 0 radical (unpaired) electrons. The summed E-state index contributed by atoms with van der Waals surface area (Å²) in [7, 11) is 0. The molecule has 0 N–H and O–H groups in total. The average molecular weight is 741 g/mol. The summed E-state index contributed by atoms with van der Waals surface area (Å²) in [5.41, 5.74) is 11.5. The number of hydrogen-bond acceptors (Lipinski definition) is 3. The van der Waals surface area contributed by atoms with Crippen LogP contribution in [0.2, 0.25) is 0 Å². The van der Waals surface area contributed by atoms with E-state index < -0.39 is 0 Å². The predicted molar refractivity (Wildman–Crippen MR) is 241 cm³/mol. The third kappa shape index (κ3) is 4.72. The summed E-state index contributed by atoms with van der Waals surface area (Å²) < 4.78 is 2.33. The lowest BCUT2D eigenvalue weighted by molar-refractivity contribution is 0.660. The van der Waals surface area contributed by atoms with Crippen LogP contribution >= 0.6 is 0 Å². The van der Waals surface area contributed by atoms with Gasteiger partial charge in [0.2, 0.25) is 5.95 Å². The zero-order valence-electron chi connectivity index (χ0n) is 32.1. The van der Waals surface area contributed by atoms with E-state index in [4.69, 9.17) is 15.0 Å². The molecule has 4 nitrogen and oxygen atoms in total. The van der Waals surface area contributed by atoms with Crippen LogP contribution in [0.4, 0.5) is 0 Å². The molecule has 0 saturated heterocycles. The second-order valence-corrected chi connectivity index (χ2v) is 16.0. The minimum Gasteiger partial charge on any atom is -0.277 e. The van der Waals surface area contributed by atoms with Crippen molar-refractivity contribution in [3.05, 3.63) is 193 Å². The van der Waals surface area contributed by atoms with Crippen molar-refractivity contribution in [2.75, 3.05) is 0 Å². The highest BCUT2D eigenvalue weighted by molar-refractivity contribution is 6.33. The first-order valence-corrected chi connectivity index (χ1v) is 20.0. The van der Waals surface area contributed by atoms with Crippen LogP contribution in [0.25, 0.3) is 105 Å². The summed E-state index contributed by atoms with van der Waals surface area (Å²) in [4.78, 5) is 16.0. The van der Waals surface area contributed by atoms with Crippen LogP contribution in [0.15, 0.2) is 182 Å². The Labute approximate surface area is 335 Å². The standard InChI is InChI=1S/C54H36N4/c1-54(2)46-26-13-12-21-41(46)45-32-36(29-30-47(45)54)38-24-14-25-44-48-42-22-10-8-19-39(42)40-20-9-11-23-43(40)50(48)58(49(38)44)53-56-51(34-16-4-3-5-17-34)55-52(57-53)37-28-27-33-15-6-7-18-35(33)31-37/h3-32H,1-2H3. The van der Waals surface area contributed by atoms with E-state index in [-0.39, 0.29) is 5.41 Å². The fourth-order valence-electron chi connectivity index (χ4n) is 9.68. The van der Waals surface area contributed by atoms with Gasteiger partial charge in [-0.1, -0.05) is 184 Å². The molecule has 12 rings (SSSR count). The topological polar surface area (TPSA) is 43.6 Å². The highest BCUT2D eigenvalue weighted by Crippen LogP contribution is 2.51. The molecular formula is C54H36N4. The smallest absolute Gasteiger partial charge is 0.238 e. The Morgan fingerprint density at radius 1 is 0.379 bits per heavy atom. The van der Waals surface area contributed by atoms with Gasteiger partial charge in [0, 0.05) is 38.3 Å². The fourth-order valence-corrected chi connectivity index (χ4v) is 9.68. The number of hydrogen-bond donors (Lipinski definition) is 0. The SMILES string of the molecule is CC1(C)c2ccccc2-c2cc(-c3cccc4c5c6ccccc6c6ccccc6c5n(-c5nc(-c6ccccc6)nc(-c6ccc7ccccc7c6)n5)c34)ccc21. The molecule has 0 aliphatic heterocycles. The number of rotatable bonds is 4. The van der Waals surface area contributed by atoms with E-state index in [1.807, 2.05) is 18.2 Å². The Hall–Kier alpha value is -7.43. The molecule has 2 aromatic heterocycles. The zero-order valence-corrected chi connectivity index (χ0v) is 32.1. The Bertz CT molecular complexity index is 3490. The maximum Gasteiger partial charge on any atom is 0.238 e.